The first-order chi connectivity index (χ1) is 32.1. The molecule has 308 valence electrons. The van der Waals surface area contributed by atoms with E-state index < -0.39 is 0 Å². The number of thiophene rings is 1. The van der Waals surface area contributed by atoms with Gasteiger partial charge in [-0.1, -0.05) is 170 Å². The molecule has 2 aromatic heterocycles. The Morgan fingerprint density at radius 2 is 0.908 bits per heavy atom. The predicted octanol–water partition coefficient (Wildman–Crippen LogP) is 17.9. The minimum atomic E-state index is 1.12. The second-order valence-corrected chi connectivity index (χ2v) is 18.0. The van der Waals surface area contributed by atoms with E-state index in [0.29, 0.717) is 0 Å². The number of aryl methyl sites for hydroxylation is 2. The molecule has 0 saturated carbocycles. The second kappa shape index (κ2) is 16.0. The number of anilines is 3. The maximum atomic E-state index is 2.51. The van der Waals surface area contributed by atoms with E-state index in [2.05, 4.69) is 254 Å². The van der Waals surface area contributed by atoms with Gasteiger partial charge in [0.2, 0.25) is 0 Å². The van der Waals surface area contributed by atoms with Crippen molar-refractivity contribution >= 4 is 70.4 Å². The molecule has 0 amide bonds. The fourth-order valence-corrected chi connectivity index (χ4v) is 11.4. The van der Waals surface area contributed by atoms with Crippen LogP contribution in [0.1, 0.15) is 11.1 Å². The molecule has 0 aliphatic rings. The molecule has 10 aromatic carbocycles. The third-order valence-electron chi connectivity index (χ3n) is 13.0. The van der Waals surface area contributed by atoms with E-state index in [-0.39, 0.29) is 0 Å². The van der Waals surface area contributed by atoms with Gasteiger partial charge in [0, 0.05) is 48.0 Å². The maximum Gasteiger partial charge on any atom is 0.0555 e. The molecule has 0 bridgehead atoms. The Morgan fingerprint density at radius 1 is 0.385 bits per heavy atom. The normalized spacial score (nSPS) is 11.5. The smallest absolute Gasteiger partial charge is 0.0555 e. The van der Waals surface area contributed by atoms with Gasteiger partial charge in [-0.15, -0.1) is 11.3 Å². The van der Waals surface area contributed by atoms with Crippen LogP contribution < -0.4 is 4.90 Å². The maximum absolute atomic E-state index is 2.51. The molecule has 0 fully saturated rings. The highest BCUT2D eigenvalue weighted by Crippen LogP contribution is 2.50. The fraction of sp³-hybridized carbons (Fsp3) is 0.0323. The highest BCUT2D eigenvalue weighted by molar-refractivity contribution is 7.26. The number of fused-ring (bicyclic) bond motifs is 6. The predicted molar refractivity (Wildman–Crippen MR) is 280 cm³/mol. The molecule has 65 heavy (non-hydrogen) atoms. The van der Waals surface area contributed by atoms with Crippen molar-refractivity contribution in [3.05, 3.63) is 242 Å². The number of aromatic nitrogens is 1. The first kappa shape index (κ1) is 38.7. The minimum Gasteiger partial charge on any atom is -0.310 e. The number of rotatable bonds is 8. The third kappa shape index (κ3) is 6.63. The SMILES string of the molecule is Cc1cc(N(c2cc(C)c(-c3ccccc3)c(-c3ccccc3)c2)c2ccc(-c3ccc(-n4c5ccccc5c5ccccc54)cc3)c3sc4ccccc4c23)ccc1-c1ccccc1. The lowest BCUT2D eigenvalue weighted by molar-refractivity contribution is 1.18. The van der Waals surface area contributed by atoms with Gasteiger partial charge in [0.15, 0.2) is 0 Å². The average Bonchev–Trinajstić information content (AvgIpc) is 3.92. The summed E-state index contributed by atoms with van der Waals surface area (Å²) in [7, 11) is 0. The summed E-state index contributed by atoms with van der Waals surface area (Å²) >= 11 is 1.88. The van der Waals surface area contributed by atoms with Gasteiger partial charge in [-0.25, -0.2) is 0 Å². The molecule has 2 nitrogen and oxygen atoms in total. The molecule has 0 aliphatic heterocycles. The van der Waals surface area contributed by atoms with E-state index in [1.165, 1.54) is 97.6 Å². The summed E-state index contributed by atoms with van der Waals surface area (Å²) < 4.78 is 4.94. The molecule has 0 unspecified atom stereocenters. The number of hydrogen-bond acceptors (Lipinski definition) is 2. The summed E-state index contributed by atoms with van der Waals surface area (Å²) in [5.41, 5.74) is 19.2. The molecule has 0 radical (unpaired) electrons. The number of benzene rings is 10. The van der Waals surface area contributed by atoms with Crippen LogP contribution in [0.15, 0.2) is 231 Å². The fourth-order valence-electron chi connectivity index (χ4n) is 10.1. The van der Waals surface area contributed by atoms with Crippen LogP contribution in [0.2, 0.25) is 0 Å². The van der Waals surface area contributed by atoms with E-state index in [4.69, 9.17) is 0 Å². The lowest BCUT2D eigenvalue weighted by atomic mass is 9.89. The molecule has 0 aliphatic carbocycles. The van der Waals surface area contributed by atoms with Gasteiger partial charge in [0.25, 0.3) is 0 Å². The summed E-state index contributed by atoms with van der Waals surface area (Å²) in [5, 5.41) is 5.05. The van der Waals surface area contributed by atoms with Gasteiger partial charge in [-0.05, 0) is 130 Å². The van der Waals surface area contributed by atoms with E-state index in [9.17, 15) is 0 Å². The Bertz CT molecular complexity index is 3660. The summed E-state index contributed by atoms with van der Waals surface area (Å²) in [5.74, 6) is 0. The van der Waals surface area contributed by atoms with Crippen LogP contribution in [-0.4, -0.2) is 4.57 Å². The summed E-state index contributed by atoms with van der Waals surface area (Å²) in [6.45, 7) is 4.51. The molecular formula is C62H44N2S. The van der Waals surface area contributed by atoms with Gasteiger partial charge in [-0.3, -0.25) is 0 Å². The van der Waals surface area contributed by atoms with Crippen LogP contribution in [0, 0.1) is 13.8 Å². The van der Waals surface area contributed by atoms with Crippen molar-refractivity contribution in [3.63, 3.8) is 0 Å². The van der Waals surface area contributed by atoms with Crippen LogP contribution in [0.5, 0.6) is 0 Å². The van der Waals surface area contributed by atoms with E-state index in [1.807, 2.05) is 11.3 Å². The topological polar surface area (TPSA) is 8.17 Å². The molecule has 0 saturated heterocycles. The molecule has 0 atom stereocenters. The highest BCUT2D eigenvalue weighted by atomic mass is 32.1. The van der Waals surface area contributed by atoms with Gasteiger partial charge in [-0.2, -0.15) is 0 Å². The van der Waals surface area contributed by atoms with Crippen LogP contribution in [-0.2, 0) is 0 Å². The zero-order valence-corrected chi connectivity index (χ0v) is 37.1. The molecule has 12 aromatic rings. The standard InChI is InChI=1S/C62H44N2S/c1-41-38-48(34-35-50(41)43-18-6-3-7-19-43)63(49-39-42(2)60(46-22-10-5-11-23-46)55(40-49)44-20-8-4-9-21-44)58-37-36-51(62-61(58)54-26-14-17-29-59(54)65-62)45-30-32-47(33-31-45)64-56-27-15-12-24-52(56)53-25-13-16-28-57(53)64/h3-40H,1-2H3. The quantitative estimate of drug-likeness (QED) is 0.148. The molecule has 0 spiro atoms. The number of nitrogens with zero attached hydrogens (tertiary/aromatic N) is 2. The van der Waals surface area contributed by atoms with Gasteiger partial charge in [0.1, 0.15) is 0 Å². The average molecular weight is 849 g/mol. The van der Waals surface area contributed by atoms with Crippen LogP contribution in [0.4, 0.5) is 17.1 Å². The Hall–Kier alpha value is -7.98. The van der Waals surface area contributed by atoms with E-state index in [0.717, 1.165) is 22.7 Å². The van der Waals surface area contributed by atoms with Crippen molar-refractivity contribution in [2.75, 3.05) is 4.90 Å². The Labute approximate surface area is 383 Å². The zero-order chi connectivity index (χ0) is 43.4. The molecule has 0 N–H and O–H groups in total. The van der Waals surface area contributed by atoms with Crippen molar-refractivity contribution in [3.8, 4) is 50.2 Å². The Morgan fingerprint density at radius 3 is 1.55 bits per heavy atom. The molecule has 2 heterocycles. The second-order valence-electron chi connectivity index (χ2n) is 17.0. The lowest BCUT2D eigenvalue weighted by Gasteiger charge is -2.29. The van der Waals surface area contributed by atoms with Crippen molar-refractivity contribution in [1.29, 1.82) is 0 Å². The van der Waals surface area contributed by atoms with Gasteiger partial charge >= 0.3 is 0 Å². The molecule has 12 rings (SSSR count). The first-order valence-corrected chi connectivity index (χ1v) is 23.2. The van der Waals surface area contributed by atoms with Crippen molar-refractivity contribution in [2.45, 2.75) is 13.8 Å². The minimum absolute atomic E-state index is 1.12. The van der Waals surface area contributed by atoms with Gasteiger partial charge in [0.05, 0.1) is 16.7 Å². The van der Waals surface area contributed by atoms with Crippen molar-refractivity contribution < 1.29 is 0 Å². The van der Waals surface area contributed by atoms with Crippen LogP contribution in [0.3, 0.4) is 0 Å². The monoisotopic (exact) mass is 848 g/mol. The van der Waals surface area contributed by atoms with E-state index >= 15 is 0 Å². The first-order valence-electron chi connectivity index (χ1n) is 22.3. The Kier molecular flexibility index (Phi) is 9.51. The largest absolute Gasteiger partial charge is 0.310 e. The zero-order valence-electron chi connectivity index (χ0n) is 36.2. The van der Waals surface area contributed by atoms with Gasteiger partial charge < -0.3 is 9.47 Å². The summed E-state index contributed by atoms with van der Waals surface area (Å²) in [6.07, 6.45) is 0. The molecule has 3 heteroatoms. The number of para-hydroxylation sites is 2. The van der Waals surface area contributed by atoms with E-state index in [1.54, 1.807) is 0 Å². The number of hydrogen-bond donors (Lipinski definition) is 0. The Balaban J connectivity index is 1.08. The van der Waals surface area contributed by atoms with Crippen molar-refractivity contribution in [1.82, 2.24) is 4.57 Å². The molecular weight excluding hydrogens is 805 g/mol. The summed E-state index contributed by atoms with van der Waals surface area (Å²) in [4.78, 5) is 2.51. The highest BCUT2D eigenvalue weighted by Gasteiger charge is 2.24. The van der Waals surface area contributed by atoms with Crippen LogP contribution in [0.25, 0.3) is 92.2 Å². The van der Waals surface area contributed by atoms with Crippen molar-refractivity contribution in [2.24, 2.45) is 0 Å². The van der Waals surface area contributed by atoms with Crippen LogP contribution >= 0.6 is 11.3 Å². The lowest BCUT2D eigenvalue weighted by Crippen LogP contribution is -2.12. The third-order valence-corrected chi connectivity index (χ3v) is 14.2. The summed E-state index contributed by atoms with van der Waals surface area (Å²) in [6, 6.07) is 84.4.